The van der Waals surface area contributed by atoms with E-state index in [0.29, 0.717) is 50.5 Å². The Morgan fingerprint density at radius 2 is 1.62 bits per heavy atom. The van der Waals surface area contributed by atoms with Crippen LogP contribution in [0.5, 0.6) is 0 Å². The molecule has 388 valence electrons. The number of allylic oxidation sites excluding steroid dienone is 6. The predicted molar refractivity (Wildman–Crippen MR) is 259 cm³/mol. The molecule has 2 bridgehead atoms. The number of ketones is 3. The molecule has 0 aromatic carbocycles. The van der Waals surface area contributed by atoms with Crippen molar-refractivity contribution in [1.29, 1.82) is 0 Å². The van der Waals surface area contributed by atoms with Crippen molar-refractivity contribution >= 4 is 35.2 Å². The lowest BCUT2D eigenvalue weighted by Gasteiger charge is -2.42. The van der Waals surface area contributed by atoms with E-state index in [4.69, 9.17) is 28.4 Å². The summed E-state index contributed by atoms with van der Waals surface area (Å²) in [6.45, 7) is 14.6. The number of hydrogen-bond acceptors (Lipinski definition) is 14. The Labute approximate surface area is 410 Å². The van der Waals surface area contributed by atoms with Crippen molar-refractivity contribution in [3.63, 3.8) is 0 Å². The molecule has 1 amide bonds. The van der Waals surface area contributed by atoms with Gasteiger partial charge in [0.05, 0.1) is 24.9 Å². The maximum Gasteiger partial charge on any atom is 0.329 e. The van der Waals surface area contributed by atoms with Gasteiger partial charge in [0.25, 0.3) is 11.7 Å². The number of carbonyl (C=O) groups is 6. The fourth-order valence-corrected chi connectivity index (χ4v) is 10.5. The molecule has 3 fully saturated rings. The van der Waals surface area contributed by atoms with Gasteiger partial charge < -0.3 is 43.5 Å². The maximum absolute atomic E-state index is 14.5. The second kappa shape index (κ2) is 27.7. The van der Waals surface area contributed by atoms with Gasteiger partial charge >= 0.3 is 11.9 Å². The summed E-state index contributed by atoms with van der Waals surface area (Å²) < 4.78 is 35.0. The van der Waals surface area contributed by atoms with E-state index < -0.39 is 77.8 Å². The van der Waals surface area contributed by atoms with Crippen molar-refractivity contribution in [3.8, 4) is 0 Å². The summed E-state index contributed by atoms with van der Waals surface area (Å²) in [4.78, 5) is 83.4. The summed E-state index contributed by atoms with van der Waals surface area (Å²) in [5.41, 5.74) is 1.27. The van der Waals surface area contributed by atoms with Gasteiger partial charge in [-0.25, -0.2) is 4.79 Å². The standard InChI is InChI=1S/C54H83NO14/c1-33-17-12-11-13-18-34(2)46(64-9)31-43-23-22-39(7)54(63,69-43)51(60)52(61)55-24-15-14-21-44(55)53(62)68-47(36(4)29-41-19-16-20-42(30-41)67-26-25-66-40(8)56)32-45(57)35(3)28-38(6)49(59)50(65-10)48(58)37(5)27-33/h11-13,17-18,28,33,35-37,39,41-44,46-47,49-50,59,63H,14-16,19-27,29-32H2,1-10H3/b13-11+,17-12+,34-18+,38-28+/t33-,35-,36-,37-,39-,41?,42+,43+,44+,46+,47+,49-,50+,54-/m1/s1. The minimum atomic E-state index is -2.43. The first-order valence-electron chi connectivity index (χ1n) is 25.4. The molecule has 0 spiro atoms. The van der Waals surface area contributed by atoms with Crippen LogP contribution < -0.4 is 0 Å². The van der Waals surface area contributed by atoms with Crippen LogP contribution in [0, 0.1) is 35.5 Å². The number of fused-ring (bicyclic) bond motifs is 3. The number of methoxy groups -OCH3 is 2. The van der Waals surface area contributed by atoms with Crippen LogP contribution in [-0.2, 0) is 57.2 Å². The second-order valence-corrected chi connectivity index (χ2v) is 20.4. The zero-order chi connectivity index (χ0) is 51.0. The largest absolute Gasteiger partial charge is 0.463 e. The van der Waals surface area contributed by atoms with Crippen LogP contribution in [0.15, 0.2) is 47.6 Å². The molecule has 3 heterocycles. The van der Waals surface area contributed by atoms with Crippen LogP contribution in [-0.4, -0.2) is 133 Å². The summed E-state index contributed by atoms with van der Waals surface area (Å²) >= 11 is 0. The van der Waals surface area contributed by atoms with Crippen LogP contribution in [0.25, 0.3) is 0 Å². The molecule has 1 aliphatic carbocycles. The molecular formula is C54H83NO14. The number of hydrogen-bond donors (Lipinski definition) is 2. The molecule has 15 heteroatoms. The van der Waals surface area contributed by atoms with E-state index in [0.717, 1.165) is 31.3 Å². The Hall–Kier alpha value is -3.86. The number of aliphatic hydroxyl groups excluding tert-OH is 1. The fourth-order valence-electron chi connectivity index (χ4n) is 10.5. The third-order valence-electron chi connectivity index (χ3n) is 14.8. The minimum absolute atomic E-state index is 0.0151. The Balaban J connectivity index is 1.68. The van der Waals surface area contributed by atoms with E-state index in [-0.39, 0.29) is 74.0 Å². The lowest BCUT2D eigenvalue weighted by atomic mass is 9.79. The van der Waals surface area contributed by atoms with Gasteiger partial charge in [-0.3, -0.25) is 24.0 Å². The number of rotatable bonds is 9. The monoisotopic (exact) mass is 970 g/mol. The van der Waals surface area contributed by atoms with Gasteiger partial charge in [-0.05, 0) is 101 Å². The molecular weight excluding hydrogens is 887 g/mol. The van der Waals surface area contributed by atoms with E-state index in [2.05, 4.69) is 0 Å². The molecule has 2 saturated heterocycles. The average Bonchev–Trinajstić information content (AvgIpc) is 3.31. The first-order valence-corrected chi connectivity index (χ1v) is 25.4. The number of cyclic esters (lactones) is 1. The first kappa shape index (κ1) is 57.7. The molecule has 1 unspecified atom stereocenters. The molecule has 14 atom stereocenters. The van der Waals surface area contributed by atoms with Crippen molar-refractivity contribution in [2.75, 3.05) is 34.0 Å². The van der Waals surface area contributed by atoms with Gasteiger partial charge in [0.1, 0.15) is 36.7 Å². The highest BCUT2D eigenvalue weighted by Gasteiger charge is 2.53. The average molecular weight is 970 g/mol. The molecule has 1 saturated carbocycles. The van der Waals surface area contributed by atoms with Gasteiger partial charge in [-0.15, -0.1) is 0 Å². The maximum atomic E-state index is 14.5. The van der Waals surface area contributed by atoms with Crippen molar-refractivity contribution in [1.82, 2.24) is 4.90 Å². The first-order chi connectivity index (χ1) is 32.7. The zero-order valence-electron chi connectivity index (χ0n) is 43.0. The SMILES string of the molecule is CO[C@H]1C[C@@H]2CC[C@@H](C)[C@@](O)(O2)C(=O)C(=O)N2CCCC[C@H]2C(=O)O[C@H]([C@H](C)CC2CCC[C@H](OCCOC(C)=O)C2)CC(=O)[C@H](C)/C=C(\C)[C@@H](O)[C@@H](OC)C(=O)[C@H](C)C[C@H](C)/C=C/C=C/C=C/1C. The lowest BCUT2D eigenvalue weighted by Crippen LogP contribution is -2.61. The van der Waals surface area contributed by atoms with Crippen LogP contribution in [0.2, 0.25) is 0 Å². The molecule has 0 aromatic heterocycles. The molecule has 4 aliphatic rings. The highest BCUT2D eigenvalue weighted by atomic mass is 16.6. The van der Waals surface area contributed by atoms with Gasteiger partial charge in [0.2, 0.25) is 5.79 Å². The number of aliphatic hydroxyl groups is 2. The van der Waals surface area contributed by atoms with E-state index in [1.807, 2.05) is 58.1 Å². The zero-order valence-corrected chi connectivity index (χ0v) is 43.0. The topological polar surface area (TPSA) is 201 Å². The highest BCUT2D eigenvalue weighted by Crippen LogP contribution is 2.38. The van der Waals surface area contributed by atoms with E-state index in [1.54, 1.807) is 34.0 Å². The van der Waals surface area contributed by atoms with Crippen molar-refractivity contribution in [2.24, 2.45) is 35.5 Å². The summed E-state index contributed by atoms with van der Waals surface area (Å²) in [5.74, 6) is -8.26. The number of Topliss-reactive ketones (excluding diaryl/α,β-unsaturated/α-hetero) is 3. The van der Waals surface area contributed by atoms with Gasteiger partial charge in [0.15, 0.2) is 5.78 Å². The fraction of sp³-hybridized carbons (Fsp3) is 0.741. The summed E-state index contributed by atoms with van der Waals surface area (Å²) in [5, 5.41) is 23.5. The number of nitrogens with zero attached hydrogens (tertiary/aromatic N) is 1. The molecule has 0 aromatic rings. The van der Waals surface area contributed by atoms with Crippen LogP contribution >= 0.6 is 0 Å². The van der Waals surface area contributed by atoms with Crippen molar-refractivity contribution in [3.05, 3.63) is 47.6 Å². The van der Waals surface area contributed by atoms with E-state index in [9.17, 15) is 39.0 Å². The summed E-state index contributed by atoms with van der Waals surface area (Å²) in [6.07, 6.45) is 13.6. The van der Waals surface area contributed by atoms with E-state index in [1.165, 1.54) is 18.9 Å². The quantitative estimate of drug-likeness (QED) is 0.102. The molecule has 0 radical (unpaired) electrons. The Morgan fingerprint density at radius 3 is 2.32 bits per heavy atom. The predicted octanol–water partition coefficient (Wildman–Crippen LogP) is 7.14. The number of carbonyl (C=O) groups excluding carboxylic acids is 6. The third kappa shape index (κ3) is 16.6. The molecule has 3 aliphatic heterocycles. The number of ether oxygens (including phenoxy) is 6. The summed E-state index contributed by atoms with van der Waals surface area (Å²) in [6, 6.07) is -1.14. The minimum Gasteiger partial charge on any atom is -0.463 e. The molecule has 69 heavy (non-hydrogen) atoms. The Morgan fingerprint density at radius 1 is 0.884 bits per heavy atom. The highest BCUT2D eigenvalue weighted by molar-refractivity contribution is 6.39. The molecule has 15 nitrogen and oxygen atoms in total. The summed E-state index contributed by atoms with van der Waals surface area (Å²) in [7, 11) is 2.96. The number of esters is 2. The van der Waals surface area contributed by atoms with Crippen molar-refractivity contribution < 1.29 is 67.4 Å². The Kier molecular flexibility index (Phi) is 23.1. The van der Waals surface area contributed by atoms with Gasteiger partial charge in [-0.1, -0.05) is 83.9 Å². The van der Waals surface area contributed by atoms with Crippen LogP contribution in [0.4, 0.5) is 0 Å². The second-order valence-electron chi connectivity index (χ2n) is 20.4. The Bertz CT molecular complexity index is 1870. The normalized spacial score (nSPS) is 37.6. The molecule has 4 rings (SSSR count). The van der Waals surface area contributed by atoms with E-state index >= 15 is 0 Å². The lowest BCUT2D eigenvalue weighted by molar-refractivity contribution is -0.265. The van der Waals surface area contributed by atoms with Gasteiger partial charge in [0, 0.05) is 58.3 Å². The number of piperidine rings is 1. The smallest absolute Gasteiger partial charge is 0.329 e. The van der Waals surface area contributed by atoms with Crippen LogP contribution in [0.3, 0.4) is 0 Å². The third-order valence-corrected chi connectivity index (χ3v) is 14.8. The van der Waals surface area contributed by atoms with Gasteiger partial charge in [-0.2, -0.15) is 0 Å². The number of amides is 1. The molecule has 2 N–H and O–H groups in total. The van der Waals surface area contributed by atoms with Crippen LogP contribution in [0.1, 0.15) is 139 Å². The van der Waals surface area contributed by atoms with Crippen molar-refractivity contribution in [2.45, 2.75) is 187 Å².